The number of carbonyl (C=O) groups is 1. The lowest BCUT2D eigenvalue weighted by atomic mass is 10.1. The van der Waals surface area contributed by atoms with E-state index in [1.807, 2.05) is 17.1 Å². The minimum Gasteiger partial charge on any atom is -0.497 e. The van der Waals surface area contributed by atoms with Crippen molar-refractivity contribution in [2.45, 2.75) is 12.5 Å². The Hall–Kier alpha value is -2.67. The summed E-state index contributed by atoms with van der Waals surface area (Å²) in [6, 6.07) is 6.93. The Morgan fingerprint density at radius 2 is 2.24 bits per heavy atom. The second-order valence-electron chi connectivity index (χ2n) is 5.83. The number of benzene rings is 1. The van der Waals surface area contributed by atoms with Crippen LogP contribution in [0.5, 0.6) is 5.75 Å². The summed E-state index contributed by atoms with van der Waals surface area (Å²) in [5, 5.41) is 9.77. The van der Waals surface area contributed by atoms with Crippen LogP contribution in [0.4, 0.5) is 0 Å². The highest BCUT2D eigenvalue weighted by Gasteiger charge is 2.35. The van der Waals surface area contributed by atoms with Gasteiger partial charge in [-0.2, -0.15) is 5.10 Å². The maximum atomic E-state index is 12.0. The van der Waals surface area contributed by atoms with Crippen LogP contribution in [0.15, 0.2) is 35.6 Å². The normalized spacial score (nSPS) is 19.3. The Labute approximate surface area is 149 Å². The predicted octanol–water partition coefficient (Wildman–Crippen LogP) is 1.71. The van der Waals surface area contributed by atoms with Crippen molar-refractivity contribution >= 4 is 23.2 Å². The van der Waals surface area contributed by atoms with E-state index in [4.69, 9.17) is 16.3 Å². The van der Waals surface area contributed by atoms with Crippen molar-refractivity contribution in [3.63, 3.8) is 0 Å². The van der Waals surface area contributed by atoms with Gasteiger partial charge in [0.2, 0.25) is 5.91 Å². The van der Waals surface area contributed by atoms with Crippen LogP contribution in [0, 0.1) is 0 Å². The van der Waals surface area contributed by atoms with E-state index in [1.54, 1.807) is 25.4 Å². The van der Waals surface area contributed by atoms with Crippen molar-refractivity contribution < 1.29 is 9.53 Å². The number of hydrogen-bond donors (Lipinski definition) is 1. The maximum Gasteiger partial charge on any atom is 0.244 e. The van der Waals surface area contributed by atoms with Gasteiger partial charge in [0.05, 0.1) is 30.1 Å². The molecular weight excluding hydrogens is 342 g/mol. The van der Waals surface area contributed by atoms with Gasteiger partial charge in [-0.05, 0) is 24.3 Å². The van der Waals surface area contributed by atoms with Crippen LogP contribution >= 0.6 is 11.6 Å². The molecule has 1 unspecified atom stereocenters. The van der Waals surface area contributed by atoms with Crippen LogP contribution in [0.25, 0.3) is 11.4 Å². The van der Waals surface area contributed by atoms with Crippen LogP contribution in [-0.2, 0) is 4.79 Å². The average Bonchev–Trinajstić information content (AvgIpc) is 3.07. The standard InChI is InChI=1S/C17H16ClN5O2/c1-25-10-2-3-11(12(18)8-10)16-19-5-4-13(21-16)14-9-15-17(24)20-6-7-23(15)22-14/h2-5,8,15H,6-7,9H2,1H3,(H,20,24). The summed E-state index contributed by atoms with van der Waals surface area (Å²) in [4.78, 5) is 20.9. The fourth-order valence-corrected chi connectivity index (χ4v) is 3.26. The van der Waals surface area contributed by atoms with Gasteiger partial charge in [-0.1, -0.05) is 11.6 Å². The number of hydrazone groups is 1. The summed E-state index contributed by atoms with van der Waals surface area (Å²) in [5.41, 5.74) is 2.22. The van der Waals surface area contributed by atoms with E-state index in [1.165, 1.54) is 0 Å². The van der Waals surface area contributed by atoms with Crippen molar-refractivity contribution in [3.05, 3.63) is 41.2 Å². The average molecular weight is 358 g/mol. The summed E-state index contributed by atoms with van der Waals surface area (Å²) >= 11 is 6.32. The zero-order valence-electron chi connectivity index (χ0n) is 13.6. The van der Waals surface area contributed by atoms with Gasteiger partial charge in [-0.15, -0.1) is 0 Å². The number of amides is 1. The molecule has 0 bridgehead atoms. The first-order valence-corrected chi connectivity index (χ1v) is 8.32. The van der Waals surface area contributed by atoms with Crippen molar-refractivity contribution in [3.8, 4) is 17.1 Å². The largest absolute Gasteiger partial charge is 0.497 e. The number of ether oxygens (including phenoxy) is 1. The lowest BCUT2D eigenvalue weighted by molar-refractivity contribution is -0.128. The minimum atomic E-state index is -0.244. The van der Waals surface area contributed by atoms with Gasteiger partial charge in [0.1, 0.15) is 11.8 Å². The van der Waals surface area contributed by atoms with Crippen LogP contribution in [0.1, 0.15) is 12.1 Å². The van der Waals surface area contributed by atoms with E-state index >= 15 is 0 Å². The highest BCUT2D eigenvalue weighted by Crippen LogP contribution is 2.29. The smallest absolute Gasteiger partial charge is 0.244 e. The highest BCUT2D eigenvalue weighted by molar-refractivity contribution is 6.33. The molecule has 4 rings (SSSR count). The minimum absolute atomic E-state index is 0.0116. The molecule has 1 fully saturated rings. The molecular formula is C17H16ClN5O2. The Balaban J connectivity index is 1.65. The molecule has 0 spiro atoms. The lowest BCUT2D eigenvalue weighted by Crippen LogP contribution is -2.51. The molecule has 25 heavy (non-hydrogen) atoms. The summed E-state index contributed by atoms with van der Waals surface area (Å²) < 4.78 is 5.17. The number of carbonyl (C=O) groups excluding carboxylic acids is 1. The summed E-state index contributed by atoms with van der Waals surface area (Å²) in [5.74, 6) is 1.20. The molecule has 7 nitrogen and oxygen atoms in total. The Morgan fingerprint density at radius 1 is 1.36 bits per heavy atom. The third-order valence-corrected chi connectivity index (χ3v) is 4.62. The van der Waals surface area contributed by atoms with E-state index in [0.717, 1.165) is 11.3 Å². The van der Waals surface area contributed by atoms with Gasteiger partial charge >= 0.3 is 0 Å². The quantitative estimate of drug-likeness (QED) is 0.904. The topological polar surface area (TPSA) is 79.7 Å². The van der Waals surface area contributed by atoms with Crippen LogP contribution in [-0.4, -0.2) is 52.8 Å². The van der Waals surface area contributed by atoms with Crippen molar-refractivity contribution in [2.75, 3.05) is 20.2 Å². The van der Waals surface area contributed by atoms with E-state index in [9.17, 15) is 4.79 Å². The van der Waals surface area contributed by atoms with Gasteiger partial charge in [0, 0.05) is 24.7 Å². The molecule has 1 amide bonds. The molecule has 2 aliphatic heterocycles. The molecule has 8 heteroatoms. The predicted molar refractivity (Wildman–Crippen MR) is 93.7 cm³/mol. The van der Waals surface area contributed by atoms with Gasteiger partial charge in [-0.25, -0.2) is 9.97 Å². The fourth-order valence-electron chi connectivity index (χ4n) is 3.01. The fraction of sp³-hybridized carbons (Fsp3) is 0.294. The molecule has 1 atom stereocenters. The molecule has 0 radical (unpaired) electrons. The highest BCUT2D eigenvalue weighted by atomic mass is 35.5. The SMILES string of the molecule is COc1ccc(-c2nccc(C3=NN4CCNC(=O)C4C3)n2)c(Cl)c1. The molecule has 2 aliphatic rings. The second-order valence-corrected chi connectivity index (χ2v) is 6.24. The monoisotopic (exact) mass is 357 g/mol. The molecule has 128 valence electrons. The van der Waals surface area contributed by atoms with E-state index in [0.29, 0.717) is 41.8 Å². The Morgan fingerprint density at radius 3 is 3.00 bits per heavy atom. The van der Waals surface area contributed by atoms with Gasteiger partial charge in [0.25, 0.3) is 0 Å². The van der Waals surface area contributed by atoms with E-state index in [-0.39, 0.29) is 11.9 Å². The first kappa shape index (κ1) is 15.8. The van der Waals surface area contributed by atoms with Crippen molar-refractivity contribution in [1.82, 2.24) is 20.3 Å². The van der Waals surface area contributed by atoms with E-state index < -0.39 is 0 Å². The van der Waals surface area contributed by atoms with Gasteiger partial charge in [0.15, 0.2) is 5.82 Å². The summed E-state index contributed by atoms with van der Waals surface area (Å²) in [6.07, 6.45) is 2.22. The van der Waals surface area contributed by atoms with Crippen LogP contribution in [0.2, 0.25) is 5.02 Å². The number of aromatic nitrogens is 2. The molecule has 1 aromatic carbocycles. The number of nitrogens with zero attached hydrogens (tertiary/aromatic N) is 4. The number of methoxy groups -OCH3 is 1. The molecule has 0 saturated carbocycles. The van der Waals surface area contributed by atoms with Crippen molar-refractivity contribution in [2.24, 2.45) is 5.10 Å². The zero-order chi connectivity index (χ0) is 17.4. The number of rotatable bonds is 3. The van der Waals surface area contributed by atoms with E-state index in [2.05, 4.69) is 20.4 Å². The third kappa shape index (κ3) is 2.91. The van der Waals surface area contributed by atoms with Gasteiger partial charge < -0.3 is 10.1 Å². The first-order valence-electron chi connectivity index (χ1n) is 7.95. The van der Waals surface area contributed by atoms with Crippen LogP contribution < -0.4 is 10.1 Å². The molecule has 0 aliphatic carbocycles. The Bertz CT molecular complexity index is 870. The number of piperazine rings is 1. The zero-order valence-corrected chi connectivity index (χ0v) is 14.3. The van der Waals surface area contributed by atoms with Gasteiger partial charge in [-0.3, -0.25) is 9.80 Å². The number of halogens is 1. The summed E-state index contributed by atoms with van der Waals surface area (Å²) in [7, 11) is 1.59. The lowest BCUT2D eigenvalue weighted by Gasteiger charge is -2.27. The number of fused-ring (bicyclic) bond motifs is 1. The molecule has 3 heterocycles. The molecule has 2 aromatic rings. The third-order valence-electron chi connectivity index (χ3n) is 4.31. The molecule has 1 aromatic heterocycles. The summed E-state index contributed by atoms with van der Waals surface area (Å²) in [6.45, 7) is 1.32. The van der Waals surface area contributed by atoms with Crippen molar-refractivity contribution in [1.29, 1.82) is 0 Å². The molecule has 1 saturated heterocycles. The van der Waals surface area contributed by atoms with Crippen LogP contribution in [0.3, 0.4) is 0 Å². The molecule has 1 N–H and O–H groups in total. The maximum absolute atomic E-state index is 12.0. The first-order chi connectivity index (χ1) is 12.2. The number of nitrogens with one attached hydrogen (secondary N) is 1. The Kier molecular flexibility index (Phi) is 4.01. The number of hydrogen-bond acceptors (Lipinski definition) is 6. The second kappa shape index (κ2) is 6.33.